The lowest BCUT2D eigenvalue weighted by Crippen LogP contribution is -2.67. The van der Waals surface area contributed by atoms with Gasteiger partial charge in [-0.25, -0.2) is 4.39 Å². The molecule has 3 nitrogen and oxygen atoms in total. The third kappa shape index (κ3) is 3.38. The summed E-state index contributed by atoms with van der Waals surface area (Å²) >= 11 is 0. The maximum absolute atomic E-state index is 13.3. The number of rotatable bonds is 4. The predicted molar refractivity (Wildman–Crippen MR) is 100 cm³/mol. The zero-order chi connectivity index (χ0) is 18.0. The molecule has 0 atom stereocenters. The number of nitrogens with zero attached hydrogens (tertiary/aromatic N) is 1. The summed E-state index contributed by atoms with van der Waals surface area (Å²) in [5.74, 6) is -0.211. The van der Waals surface area contributed by atoms with E-state index in [1.54, 1.807) is 0 Å². The van der Waals surface area contributed by atoms with Gasteiger partial charge in [0.2, 0.25) is 0 Å². The molecule has 0 spiro atoms. The molecule has 2 saturated heterocycles. The maximum Gasteiger partial charge on any atom is 0.252 e. The average molecular weight is 352 g/mol. The van der Waals surface area contributed by atoms with Gasteiger partial charge in [0, 0.05) is 18.2 Å². The smallest absolute Gasteiger partial charge is 0.252 e. The summed E-state index contributed by atoms with van der Waals surface area (Å²) in [6, 6.07) is 16.7. The van der Waals surface area contributed by atoms with Crippen molar-refractivity contribution in [2.24, 2.45) is 0 Å². The molecule has 2 aromatic carbocycles. The van der Waals surface area contributed by atoms with Gasteiger partial charge in [-0.1, -0.05) is 30.3 Å². The summed E-state index contributed by atoms with van der Waals surface area (Å²) in [6.07, 6.45) is 6.57. The molecule has 2 fully saturated rings. The van der Waals surface area contributed by atoms with Gasteiger partial charge in [-0.15, -0.1) is 0 Å². The Hall–Kier alpha value is -2.20. The minimum atomic E-state index is -0.289. The fraction of sp³-hybridized carbons (Fsp3) is 0.409. The normalized spacial score (nSPS) is 25.7. The van der Waals surface area contributed by atoms with Crippen LogP contribution in [0.4, 0.5) is 4.39 Å². The molecule has 2 aromatic rings. The molecule has 0 saturated carbocycles. The summed E-state index contributed by atoms with van der Waals surface area (Å²) in [5.41, 5.74) is 1.51. The first kappa shape index (κ1) is 17.2. The lowest BCUT2D eigenvalue weighted by Gasteiger charge is -2.55. The maximum atomic E-state index is 13.3. The van der Waals surface area contributed by atoms with Crippen LogP contribution in [0.25, 0.3) is 0 Å². The Bertz CT molecular complexity index is 749. The SMILES string of the molecule is O=C(NC12CCCC(CCC1)N2Cc1ccc(F)cc1)c1ccccc1. The van der Waals surface area contributed by atoms with Crippen LogP contribution in [0.2, 0.25) is 0 Å². The molecule has 136 valence electrons. The Labute approximate surface area is 154 Å². The van der Waals surface area contributed by atoms with Crippen LogP contribution in [0, 0.1) is 5.82 Å². The van der Waals surface area contributed by atoms with Gasteiger partial charge in [-0.05, 0) is 68.4 Å². The van der Waals surface area contributed by atoms with E-state index in [0.29, 0.717) is 11.6 Å². The number of nitrogens with one attached hydrogen (secondary N) is 1. The first-order valence-electron chi connectivity index (χ1n) is 9.55. The summed E-state index contributed by atoms with van der Waals surface area (Å²) in [4.78, 5) is 15.3. The number of carbonyl (C=O) groups excluding carboxylic acids is 1. The van der Waals surface area contributed by atoms with Crippen molar-refractivity contribution in [3.63, 3.8) is 0 Å². The first-order valence-corrected chi connectivity index (χ1v) is 9.55. The molecule has 1 N–H and O–H groups in total. The van der Waals surface area contributed by atoms with Gasteiger partial charge in [-0.3, -0.25) is 9.69 Å². The Morgan fingerprint density at radius 1 is 1.04 bits per heavy atom. The monoisotopic (exact) mass is 352 g/mol. The minimum absolute atomic E-state index is 0.00254. The van der Waals surface area contributed by atoms with E-state index in [1.807, 2.05) is 42.5 Å². The second kappa shape index (κ2) is 7.20. The van der Waals surface area contributed by atoms with Crippen LogP contribution in [-0.4, -0.2) is 22.5 Å². The molecular weight excluding hydrogens is 327 g/mol. The molecule has 2 heterocycles. The Morgan fingerprint density at radius 2 is 1.69 bits per heavy atom. The van der Waals surface area contributed by atoms with E-state index in [4.69, 9.17) is 0 Å². The van der Waals surface area contributed by atoms with E-state index in [9.17, 15) is 9.18 Å². The highest BCUT2D eigenvalue weighted by molar-refractivity contribution is 5.94. The van der Waals surface area contributed by atoms with Gasteiger partial charge in [-0.2, -0.15) is 0 Å². The summed E-state index contributed by atoms with van der Waals surface area (Å²) < 4.78 is 13.3. The third-order valence-electron chi connectivity index (χ3n) is 5.89. The lowest BCUT2D eigenvalue weighted by atomic mass is 9.79. The van der Waals surface area contributed by atoms with Crippen LogP contribution >= 0.6 is 0 Å². The Balaban J connectivity index is 1.59. The zero-order valence-corrected chi connectivity index (χ0v) is 15.0. The van der Waals surface area contributed by atoms with Crippen LogP contribution in [-0.2, 0) is 6.54 Å². The molecule has 4 rings (SSSR count). The van der Waals surface area contributed by atoms with Crippen LogP contribution < -0.4 is 5.32 Å². The second-order valence-electron chi connectivity index (χ2n) is 7.54. The number of halogens is 1. The van der Waals surface area contributed by atoms with Crippen molar-refractivity contribution in [1.29, 1.82) is 0 Å². The first-order chi connectivity index (χ1) is 12.7. The molecule has 0 aliphatic carbocycles. The van der Waals surface area contributed by atoms with Crippen molar-refractivity contribution in [1.82, 2.24) is 10.2 Å². The van der Waals surface area contributed by atoms with Crippen molar-refractivity contribution < 1.29 is 9.18 Å². The van der Waals surface area contributed by atoms with Gasteiger partial charge >= 0.3 is 0 Å². The largest absolute Gasteiger partial charge is 0.334 e. The van der Waals surface area contributed by atoms with Crippen LogP contribution in [0.5, 0.6) is 0 Å². The predicted octanol–water partition coefficient (Wildman–Crippen LogP) is 4.49. The van der Waals surface area contributed by atoms with E-state index in [1.165, 1.54) is 25.0 Å². The van der Waals surface area contributed by atoms with E-state index >= 15 is 0 Å². The molecule has 2 bridgehead atoms. The highest BCUT2D eigenvalue weighted by atomic mass is 19.1. The lowest BCUT2D eigenvalue weighted by molar-refractivity contribution is -0.0623. The number of amides is 1. The number of benzene rings is 2. The second-order valence-corrected chi connectivity index (χ2v) is 7.54. The topological polar surface area (TPSA) is 32.3 Å². The van der Waals surface area contributed by atoms with Gasteiger partial charge < -0.3 is 5.32 Å². The number of piperidine rings is 2. The molecule has 0 aromatic heterocycles. The van der Waals surface area contributed by atoms with E-state index in [0.717, 1.165) is 37.8 Å². The van der Waals surface area contributed by atoms with Gasteiger partial charge in [0.05, 0.1) is 5.66 Å². The van der Waals surface area contributed by atoms with Gasteiger partial charge in [0.15, 0.2) is 0 Å². The average Bonchev–Trinajstić information content (AvgIpc) is 2.65. The van der Waals surface area contributed by atoms with Crippen molar-refractivity contribution in [2.75, 3.05) is 0 Å². The van der Waals surface area contributed by atoms with Crippen LogP contribution in [0.1, 0.15) is 54.4 Å². The van der Waals surface area contributed by atoms with E-state index in [-0.39, 0.29) is 17.4 Å². The fourth-order valence-corrected chi connectivity index (χ4v) is 4.61. The summed E-state index contributed by atoms with van der Waals surface area (Å²) in [6.45, 7) is 0.750. The highest BCUT2D eigenvalue weighted by Crippen LogP contribution is 2.41. The highest BCUT2D eigenvalue weighted by Gasteiger charge is 2.46. The number of carbonyl (C=O) groups is 1. The van der Waals surface area contributed by atoms with Crippen molar-refractivity contribution in [3.05, 3.63) is 71.5 Å². The fourth-order valence-electron chi connectivity index (χ4n) is 4.61. The van der Waals surface area contributed by atoms with E-state index < -0.39 is 0 Å². The quantitative estimate of drug-likeness (QED) is 0.879. The zero-order valence-electron chi connectivity index (χ0n) is 15.0. The summed E-state index contributed by atoms with van der Waals surface area (Å²) in [7, 11) is 0. The molecule has 26 heavy (non-hydrogen) atoms. The number of fused-ring (bicyclic) bond motifs is 2. The standard InChI is InChI=1S/C22H25FN2O/c23-19-12-10-17(11-13-19)16-25-20-8-4-14-22(25,15-5-9-20)24-21(26)18-6-2-1-3-7-18/h1-3,6-7,10-13,20H,4-5,8-9,14-16H2,(H,24,26). The van der Waals surface area contributed by atoms with Crippen molar-refractivity contribution in [3.8, 4) is 0 Å². The molecule has 0 radical (unpaired) electrons. The van der Waals surface area contributed by atoms with Crippen LogP contribution in [0.3, 0.4) is 0 Å². The van der Waals surface area contributed by atoms with Crippen LogP contribution in [0.15, 0.2) is 54.6 Å². The molecule has 4 heteroatoms. The van der Waals surface area contributed by atoms with E-state index in [2.05, 4.69) is 10.2 Å². The Kier molecular flexibility index (Phi) is 4.77. The van der Waals surface area contributed by atoms with Gasteiger partial charge in [0.25, 0.3) is 5.91 Å². The third-order valence-corrected chi connectivity index (χ3v) is 5.89. The number of hydrogen-bond acceptors (Lipinski definition) is 2. The van der Waals surface area contributed by atoms with Gasteiger partial charge in [0.1, 0.15) is 5.82 Å². The molecule has 0 unspecified atom stereocenters. The Morgan fingerprint density at radius 3 is 2.35 bits per heavy atom. The van der Waals surface area contributed by atoms with Crippen molar-refractivity contribution in [2.45, 2.75) is 56.8 Å². The molecule has 2 aliphatic rings. The number of hydrogen-bond donors (Lipinski definition) is 1. The molecule has 1 amide bonds. The minimum Gasteiger partial charge on any atom is -0.334 e. The molecule has 2 aliphatic heterocycles. The summed E-state index contributed by atoms with van der Waals surface area (Å²) in [5, 5.41) is 3.37. The van der Waals surface area contributed by atoms with Crippen molar-refractivity contribution >= 4 is 5.91 Å². The molecular formula is C22H25FN2O.